The van der Waals surface area contributed by atoms with Crippen molar-refractivity contribution in [2.24, 2.45) is 5.92 Å². The molecule has 0 saturated heterocycles. The van der Waals surface area contributed by atoms with E-state index in [2.05, 4.69) is 69.6 Å². The molecule has 0 bridgehead atoms. The molecular weight excluding hydrogens is 506 g/mol. The summed E-state index contributed by atoms with van der Waals surface area (Å²) in [5.41, 5.74) is 2.71. The lowest BCUT2D eigenvalue weighted by molar-refractivity contribution is -0.904. The maximum absolute atomic E-state index is 12.4. The summed E-state index contributed by atoms with van der Waals surface area (Å²) < 4.78 is 12.3. The maximum Gasteiger partial charge on any atom is 0.308 e. The zero-order chi connectivity index (χ0) is 29.6. The summed E-state index contributed by atoms with van der Waals surface area (Å²) in [5, 5.41) is 0. The molecule has 0 N–H and O–H groups in total. The molecule has 41 heavy (non-hydrogen) atoms. The SMILES string of the molecule is CCCCCCCCCCCCCCc1ccc(OCCCOC(=O)C(C)CC[N+](C)(C)Cc2ccccc2)cc1. The van der Waals surface area contributed by atoms with Gasteiger partial charge in [0.15, 0.2) is 0 Å². The molecule has 2 rings (SSSR count). The van der Waals surface area contributed by atoms with E-state index in [1.54, 1.807) is 0 Å². The zero-order valence-corrected chi connectivity index (χ0v) is 26.9. The van der Waals surface area contributed by atoms with Gasteiger partial charge in [-0.1, -0.05) is 127 Å². The highest BCUT2D eigenvalue weighted by atomic mass is 16.5. The van der Waals surface area contributed by atoms with Gasteiger partial charge in [0.25, 0.3) is 0 Å². The number of aryl methyl sites for hydroxylation is 1. The molecule has 2 aromatic carbocycles. The molecule has 0 amide bonds. The molecular formula is C37H60NO3+. The maximum atomic E-state index is 12.4. The minimum Gasteiger partial charge on any atom is -0.493 e. The Morgan fingerprint density at radius 2 is 1.29 bits per heavy atom. The van der Waals surface area contributed by atoms with Crippen molar-refractivity contribution in [1.29, 1.82) is 0 Å². The summed E-state index contributed by atoms with van der Waals surface area (Å²) in [4.78, 5) is 12.4. The molecule has 1 atom stereocenters. The number of carbonyl (C=O) groups excluding carboxylic acids is 1. The van der Waals surface area contributed by atoms with Gasteiger partial charge in [0.1, 0.15) is 12.3 Å². The Hall–Kier alpha value is -2.33. The number of esters is 1. The number of hydrogen-bond donors (Lipinski definition) is 0. The van der Waals surface area contributed by atoms with E-state index in [0.717, 1.165) is 36.2 Å². The quantitative estimate of drug-likeness (QED) is 0.0721. The Balaban J connectivity index is 1.46. The van der Waals surface area contributed by atoms with E-state index < -0.39 is 0 Å². The van der Waals surface area contributed by atoms with E-state index in [0.29, 0.717) is 19.6 Å². The summed E-state index contributed by atoms with van der Waals surface area (Å²) in [6, 6.07) is 19.0. The topological polar surface area (TPSA) is 35.5 Å². The number of rotatable bonds is 24. The molecule has 0 aliphatic carbocycles. The molecule has 0 aliphatic heterocycles. The molecule has 0 heterocycles. The van der Waals surface area contributed by atoms with Crippen LogP contribution in [0.1, 0.15) is 115 Å². The summed E-state index contributed by atoms with van der Waals surface area (Å²) in [5.74, 6) is 0.690. The van der Waals surface area contributed by atoms with Crippen LogP contribution in [0.5, 0.6) is 5.75 Å². The second-order valence-electron chi connectivity index (χ2n) is 12.6. The smallest absolute Gasteiger partial charge is 0.308 e. The van der Waals surface area contributed by atoms with Crippen molar-refractivity contribution in [3.8, 4) is 5.75 Å². The highest BCUT2D eigenvalue weighted by Crippen LogP contribution is 2.17. The van der Waals surface area contributed by atoms with Gasteiger partial charge in [-0.05, 0) is 30.5 Å². The summed E-state index contributed by atoms with van der Waals surface area (Å²) in [6.45, 7) is 7.11. The zero-order valence-electron chi connectivity index (χ0n) is 26.9. The largest absolute Gasteiger partial charge is 0.493 e. The average Bonchev–Trinajstić information content (AvgIpc) is 2.97. The molecule has 0 aliphatic rings. The van der Waals surface area contributed by atoms with Crippen LogP contribution < -0.4 is 4.74 Å². The van der Waals surface area contributed by atoms with Crippen LogP contribution in [0.15, 0.2) is 54.6 Å². The van der Waals surface area contributed by atoms with Crippen molar-refractivity contribution < 1.29 is 18.8 Å². The first-order valence-electron chi connectivity index (χ1n) is 16.6. The van der Waals surface area contributed by atoms with Crippen LogP contribution in [0.2, 0.25) is 0 Å². The number of unbranched alkanes of at least 4 members (excludes halogenated alkanes) is 11. The van der Waals surface area contributed by atoms with Crippen LogP contribution in [-0.2, 0) is 22.5 Å². The van der Waals surface area contributed by atoms with Gasteiger partial charge in [0.2, 0.25) is 0 Å². The number of hydrogen-bond acceptors (Lipinski definition) is 3. The molecule has 0 spiro atoms. The molecule has 1 unspecified atom stereocenters. The molecule has 0 fully saturated rings. The van der Waals surface area contributed by atoms with Crippen molar-refractivity contribution in [1.82, 2.24) is 0 Å². The van der Waals surface area contributed by atoms with Gasteiger partial charge < -0.3 is 14.0 Å². The molecule has 4 heteroatoms. The van der Waals surface area contributed by atoms with Gasteiger partial charge in [-0.25, -0.2) is 0 Å². The second kappa shape index (κ2) is 21.4. The number of quaternary nitrogens is 1. The Morgan fingerprint density at radius 3 is 1.90 bits per heavy atom. The van der Waals surface area contributed by atoms with Gasteiger partial charge in [-0.2, -0.15) is 0 Å². The van der Waals surface area contributed by atoms with E-state index in [4.69, 9.17) is 9.47 Å². The summed E-state index contributed by atoms with van der Waals surface area (Å²) >= 11 is 0. The highest BCUT2D eigenvalue weighted by Gasteiger charge is 2.21. The van der Waals surface area contributed by atoms with Crippen LogP contribution >= 0.6 is 0 Å². The Morgan fingerprint density at radius 1 is 0.707 bits per heavy atom. The van der Waals surface area contributed by atoms with Crippen LogP contribution in [0.25, 0.3) is 0 Å². The summed E-state index contributed by atoms with van der Waals surface area (Å²) in [7, 11) is 4.43. The predicted molar refractivity (Wildman–Crippen MR) is 173 cm³/mol. The van der Waals surface area contributed by atoms with E-state index in [1.807, 2.05) is 13.0 Å². The lowest BCUT2D eigenvalue weighted by atomic mass is 10.0. The standard InChI is InChI=1S/C37H60NO3/c1-5-6-7-8-9-10-11-12-13-14-15-17-21-34-24-26-36(27-25-34)40-30-20-31-41-37(39)33(2)28-29-38(3,4)32-35-22-18-16-19-23-35/h16,18-19,22-27,33H,5-15,17,20-21,28-32H2,1-4H3/q+1. The monoisotopic (exact) mass is 566 g/mol. The first-order chi connectivity index (χ1) is 19.9. The van der Waals surface area contributed by atoms with E-state index in [-0.39, 0.29) is 11.9 Å². The third kappa shape index (κ3) is 17.3. The van der Waals surface area contributed by atoms with Gasteiger partial charge in [0, 0.05) is 18.4 Å². The summed E-state index contributed by atoms with van der Waals surface area (Å²) in [6.07, 6.45) is 19.3. The van der Waals surface area contributed by atoms with Gasteiger partial charge in [-0.3, -0.25) is 4.79 Å². The van der Waals surface area contributed by atoms with E-state index in [9.17, 15) is 4.79 Å². The van der Waals surface area contributed by atoms with Crippen LogP contribution in [0, 0.1) is 5.92 Å². The molecule has 0 radical (unpaired) electrons. The van der Waals surface area contributed by atoms with Crippen LogP contribution in [-0.4, -0.2) is 44.3 Å². The van der Waals surface area contributed by atoms with E-state index in [1.165, 1.54) is 88.2 Å². The van der Waals surface area contributed by atoms with Crippen molar-refractivity contribution in [3.63, 3.8) is 0 Å². The lowest BCUT2D eigenvalue weighted by Crippen LogP contribution is -2.40. The van der Waals surface area contributed by atoms with Crippen molar-refractivity contribution >= 4 is 5.97 Å². The fourth-order valence-electron chi connectivity index (χ4n) is 5.30. The fourth-order valence-corrected chi connectivity index (χ4v) is 5.30. The second-order valence-corrected chi connectivity index (χ2v) is 12.6. The van der Waals surface area contributed by atoms with Gasteiger partial charge in [-0.15, -0.1) is 0 Å². The minimum absolute atomic E-state index is 0.0956. The van der Waals surface area contributed by atoms with Crippen LogP contribution in [0.3, 0.4) is 0 Å². The number of nitrogens with zero attached hydrogens (tertiary/aromatic N) is 1. The third-order valence-corrected chi connectivity index (χ3v) is 8.07. The number of carbonyl (C=O) groups is 1. The van der Waals surface area contributed by atoms with Gasteiger partial charge in [0.05, 0.1) is 39.8 Å². The Kier molecular flexibility index (Phi) is 18.2. The predicted octanol–water partition coefficient (Wildman–Crippen LogP) is 9.55. The third-order valence-electron chi connectivity index (χ3n) is 8.07. The van der Waals surface area contributed by atoms with Gasteiger partial charge >= 0.3 is 5.97 Å². The lowest BCUT2D eigenvalue weighted by Gasteiger charge is -2.30. The first-order valence-corrected chi connectivity index (χ1v) is 16.6. The molecule has 0 aromatic heterocycles. The Labute approximate surface area is 252 Å². The first kappa shape index (κ1) is 34.9. The highest BCUT2D eigenvalue weighted by molar-refractivity contribution is 5.71. The number of ether oxygens (including phenoxy) is 2. The van der Waals surface area contributed by atoms with Crippen molar-refractivity contribution in [3.05, 3.63) is 65.7 Å². The Bertz CT molecular complexity index is 910. The normalized spacial score (nSPS) is 12.3. The van der Waals surface area contributed by atoms with E-state index >= 15 is 0 Å². The molecule has 4 nitrogen and oxygen atoms in total. The molecule has 0 saturated carbocycles. The van der Waals surface area contributed by atoms with Crippen molar-refractivity contribution in [2.75, 3.05) is 33.9 Å². The fraction of sp³-hybridized carbons (Fsp3) is 0.649. The molecule has 2 aromatic rings. The van der Waals surface area contributed by atoms with Crippen LogP contribution in [0.4, 0.5) is 0 Å². The minimum atomic E-state index is -0.105. The van der Waals surface area contributed by atoms with Crippen molar-refractivity contribution in [2.45, 2.75) is 117 Å². The number of benzene rings is 2. The molecule has 230 valence electrons. The average molecular weight is 567 g/mol.